The molecule has 7 heteroatoms. The SMILES string of the molecule is C[C@H]1CCCN(S(=O)(=O)NC[C@@H](c2ccco2)N2CCCC2)C1. The number of furan rings is 1. The van der Waals surface area contributed by atoms with Crippen LogP contribution < -0.4 is 4.72 Å². The van der Waals surface area contributed by atoms with Crippen LogP contribution in [0.25, 0.3) is 0 Å². The van der Waals surface area contributed by atoms with Crippen molar-refractivity contribution in [1.29, 1.82) is 0 Å². The summed E-state index contributed by atoms with van der Waals surface area (Å²) >= 11 is 0. The minimum atomic E-state index is -3.42. The zero-order valence-electron chi connectivity index (χ0n) is 13.8. The molecule has 0 aromatic carbocycles. The van der Waals surface area contributed by atoms with Gasteiger partial charge < -0.3 is 4.42 Å². The number of likely N-dealkylation sites (tertiary alicyclic amines) is 1. The molecule has 0 amide bonds. The molecule has 6 nitrogen and oxygen atoms in total. The van der Waals surface area contributed by atoms with E-state index in [-0.39, 0.29) is 6.04 Å². The van der Waals surface area contributed by atoms with E-state index in [2.05, 4.69) is 16.5 Å². The number of nitrogens with one attached hydrogen (secondary N) is 1. The van der Waals surface area contributed by atoms with Crippen molar-refractivity contribution in [2.45, 2.75) is 38.6 Å². The molecule has 1 aromatic heterocycles. The van der Waals surface area contributed by atoms with E-state index in [1.54, 1.807) is 10.6 Å². The van der Waals surface area contributed by atoms with Gasteiger partial charge in [0.15, 0.2) is 0 Å². The Morgan fingerprint density at radius 2 is 2.09 bits per heavy atom. The third-order valence-corrected chi connectivity index (χ3v) is 6.41. The predicted octanol–water partition coefficient (Wildman–Crippen LogP) is 1.98. The van der Waals surface area contributed by atoms with Crippen molar-refractivity contribution in [3.8, 4) is 0 Å². The molecule has 2 fully saturated rings. The summed E-state index contributed by atoms with van der Waals surface area (Å²) in [5.74, 6) is 1.27. The average molecular weight is 341 g/mol. The average Bonchev–Trinajstić information content (AvgIpc) is 3.21. The first-order valence-corrected chi connectivity index (χ1v) is 10.0. The summed E-state index contributed by atoms with van der Waals surface area (Å²) in [5.41, 5.74) is 0. The van der Waals surface area contributed by atoms with E-state index in [0.29, 0.717) is 25.6 Å². The number of piperidine rings is 1. The van der Waals surface area contributed by atoms with Crippen LogP contribution in [0.2, 0.25) is 0 Å². The Labute approximate surface area is 139 Å². The van der Waals surface area contributed by atoms with Gasteiger partial charge in [-0.1, -0.05) is 6.92 Å². The van der Waals surface area contributed by atoms with Gasteiger partial charge in [0.05, 0.1) is 12.3 Å². The van der Waals surface area contributed by atoms with Gasteiger partial charge in [0.2, 0.25) is 0 Å². The third-order valence-electron chi connectivity index (χ3n) is 4.87. The van der Waals surface area contributed by atoms with Crippen LogP contribution in [-0.2, 0) is 10.2 Å². The van der Waals surface area contributed by atoms with E-state index in [0.717, 1.165) is 44.5 Å². The lowest BCUT2D eigenvalue weighted by Gasteiger charge is -2.31. The van der Waals surface area contributed by atoms with E-state index in [1.807, 2.05) is 12.1 Å². The zero-order valence-corrected chi connectivity index (χ0v) is 14.6. The molecule has 2 aliphatic heterocycles. The van der Waals surface area contributed by atoms with Gasteiger partial charge in [0.1, 0.15) is 5.76 Å². The first-order valence-electron chi connectivity index (χ1n) is 8.58. The predicted molar refractivity (Wildman–Crippen MR) is 89.1 cm³/mol. The van der Waals surface area contributed by atoms with Gasteiger partial charge in [0.25, 0.3) is 10.2 Å². The Balaban J connectivity index is 1.66. The molecular formula is C16H27N3O3S. The van der Waals surface area contributed by atoms with Crippen molar-refractivity contribution in [1.82, 2.24) is 13.9 Å². The minimum Gasteiger partial charge on any atom is -0.468 e. The highest BCUT2D eigenvalue weighted by Crippen LogP contribution is 2.25. The van der Waals surface area contributed by atoms with Crippen molar-refractivity contribution >= 4 is 10.2 Å². The molecule has 0 saturated carbocycles. The summed E-state index contributed by atoms with van der Waals surface area (Å²) in [6, 6.07) is 3.77. The highest BCUT2D eigenvalue weighted by atomic mass is 32.2. The Hall–Kier alpha value is -0.890. The van der Waals surface area contributed by atoms with E-state index in [4.69, 9.17) is 4.42 Å². The van der Waals surface area contributed by atoms with E-state index < -0.39 is 10.2 Å². The van der Waals surface area contributed by atoms with Crippen molar-refractivity contribution in [2.75, 3.05) is 32.7 Å². The summed E-state index contributed by atoms with van der Waals surface area (Å²) in [7, 11) is -3.42. The summed E-state index contributed by atoms with van der Waals surface area (Å²) in [6.07, 6.45) is 6.02. The maximum Gasteiger partial charge on any atom is 0.279 e. The number of hydrogen-bond acceptors (Lipinski definition) is 4. The maximum atomic E-state index is 12.6. The maximum absolute atomic E-state index is 12.6. The van der Waals surface area contributed by atoms with E-state index in [9.17, 15) is 8.42 Å². The molecule has 0 radical (unpaired) electrons. The monoisotopic (exact) mass is 341 g/mol. The quantitative estimate of drug-likeness (QED) is 0.859. The Kier molecular flexibility index (Phi) is 5.41. The fraction of sp³-hybridized carbons (Fsp3) is 0.750. The van der Waals surface area contributed by atoms with Crippen LogP contribution in [0.3, 0.4) is 0 Å². The third kappa shape index (κ3) is 4.15. The smallest absolute Gasteiger partial charge is 0.279 e. The fourth-order valence-corrected chi connectivity index (χ4v) is 4.96. The zero-order chi connectivity index (χ0) is 16.3. The molecule has 2 saturated heterocycles. The topological polar surface area (TPSA) is 65.8 Å². The molecule has 2 atom stereocenters. The van der Waals surface area contributed by atoms with E-state index >= 15 is 0 Å². The van der Waals surface area contributed by atoms with Crippen LogP contribution >= 0.6 is 0 Å². The fourth-order valence-electron chi connectivity index (χ4n) is 3.58. The minimum absolute atomic E-state index is 0.0236. The van der Waals surface area contributed by atoms with Crippen LogP contribution in [0, 0.1) is 5.92 Å². The number of hydrogen-bond donors (Lipinski definition) is 1. The van der Waals surface area contributed by atoms with Gasteiger partial charge in [-0.25, -0.2) is 4.72 Å². The second-order valence-corrected chi connectivity index (χ2v) is 8.49. The Bertz CT molecular complexity index is 582. The molecule has 3 heterocycles. The molecule has 130 valence electrons. The first-order chi connectivity index (χ1) is 11.1. The molecule has 0 unspecified atom stereocenters. The van der Waals surface area contributed by atoms with Crippen LogP contribution in [0.1, 0.15) is 44.4 Å². The van der Waals surface area contributed by atoms with Crippen LogP contribution in [0.5, 0.6) is 0 Å². The molecule has 1 aromatic rings. The number of nitrogens with zero attached hydrogens (tertiary/aromatic N) is 2. The normalized spacial score (nSPS) is 25.7. The van der Waals surface area contributed by atoms with Crippen molar-refractivity contribution in [2.24, 2.45) is 5.92 Å². The van der Waals surface area contributed by atoms with Crippen molar-refractivity contribution in [3.05, 3.63) is 24.2 Å². The summed E-state index contributed by atoms with van der Waals surface area (Å²) in [6.45, 7) is 5.69. The Morgan fingerprint density at radius 3 is 2.74 bits per heavy atom. The molecule has 2 aliphatic rings. The Morgan fingerprint density at radius 1 is 1.30 bits per heavy atom. The highest BCUT2D eigenvalue weighted by Gasteiger charge is 2.30. The largest absolute Gasteiger partial charge is 0.468 e. The molecular weight excluding hydrogens is 314 g/mol. The molecule has 0 aliphatic carbocycles. The highest BCUT2D eigenvalue weighted by molar-refractivity contribution is 7.87. The lowest BCUT2D eigenvalue weighted by Crippen LogP contribution is -2.47. The van der Waals surface area contributed by atoms with Gasteiger partial charge in [-0.2, -0.15) is 12.7 Å². The summed E-state index contributed by atoms with van der Waals surface area (Å²) in [5, 5.41) is 0. The lowest BCUT2D eigenvalue weighted by atomic mass is 10.0. The summed E-state index contributed by atoms with van der Waals surface area (Å²) < 4.78 is 35.1. The van der Waals surface area contributed by atoms with Crippen molar-refractivity contribution < 1.29 is 12.8 Å². The van der Waals surface area contributed by atoms with Crippen LogP contribution in [0.15, 0.2) is 22.8 Å². The van der Waals surface area contributed by atoms with Gasteiger partial charge in [-0.15, -0.1) is 0 Å². The van der Waals surface area contributed by atoms with Gasteiger partial charge >= 0.3 is 0 Å². The van der Waals surface area contributed by atoms with Gasteiger partial charge in [-0.3, -0.25) is 4.90 Å². The van der Waals surface area contributed by atoms with Crippen molar-refractivity contribution in [3.63, 3.8) is 0 Å². The standard InChI is InChI=1S/C16H27N3O3S/c1-14-6-4-10-19(13-14)23(20,21)17-12-15(16-7-5-11-22-16)18-8-2-3-9-18/h5,7,11,14-15,17H,2-4,6,8-10,12-13H2,1H3/t14-,15-/m0/s1. The first kappa shape index (κ1) is 17.0. The molecule has 3 rings (SSSR count). The molecule has 0 spiro atoms. The van der Waals surface area contributed by atoms with Crippen LogP contribution in [0.4, 0.5) is 0 Å². The summed E-state index contributed by atoms with van der Waals surface area (Å²) in [4.78, 5) is 2.31. The second-order valence-electron chi connectivity index (χ2n) is 6.73. The second kappa shape index (κ2) is 7.34. The molecule has 23 heavy (non-hydrogen) atoms. The van der Waals surface area contributed by atoms with E-state index in [1.165, 1.54) is 0 Å². The number of rotatable bonds is 6. The molecule has 1 N–H and O–H groups in total. The lowest BCUT2D eigenvalue weighted by molar-refractivity contribution is 0.214. The van der Waals surface area contributed by atoms with Gasteiger partial charge in [-0.05, 0) is 56.8 Å². The van der Waals surface area contributed by atoms with Crippen LogP contribution in [-0.4, -0.2) is 50.3 Å². The van der Waals surface area contributed by atoms with Gasteiger partial charge in [0, 0.05) is 19.6 Å². The molecule has 0 bridgehead atoms.